The van der Waals surface area contributed by atoms with Crippen molar-refractivity contribution in [3.8, 4) is 0 Å². The molecule has 0 radical (unpaired) electrons. The first-order valence-electron chi connectivity index (χ1n) is 8.95. The number of halogens is 1. The minimum atomic E-state index is 0. The average molecular weight is 422 g/mol. The summed E-state index contributed by atoms with van der Waals surface area (Å²) in [5, 5.41) is 6.87. The van der Waals surface area contributed by atoms with Crippen LogP contribution in [0, 0.1) is 5.92 Å². The number of nitrogens with one attached hydrogen (secondary N) is 2. The van der Waals surface area contributed by atoms with E-state index < -0.39 is 0 Å². The third-order valence-electron chi connectivity index (χ3n) is 4.91. The highest BCUT2D eigenvalue weighted by Gasteiger charge is 2.33. The Labute approximate surface area is 153 Å². The second-order valence-corrected chi connectivity index (χ2v) is 6.85. The molecule has 4 nitrogen and oxygen atoms in total. The summed E-state index contributed by atoms with van der Waals surface area (Å²) < 4.78 is 0. The van der Waals surface area contributed by atoms with Crippen molar-refractivity contribution in [1.82, 2.24) is 15.5 Å². The van der Waals surface area contributed by atoms with E-state index in [0.29, 0.717) is 6.04 Å². The summed E-state index contributed by atoms with van der Waals surface area (Å²) in [5.41, 5.74) is 0. The fourth-order valence-electron chi connectivity index (χ4n) is 3.23. The topological polar surface area (TPSA) is 39.7 Å². The molecule has 0 bridgehead atoms. The van der Waals surface area contributed by atoms with E-state index in [9.17, 15) is 0 Å². The SMILES string of the molecule is CCNC(=NCCCN(C)C1CCCCC1)NC1CC1C.I. The van der Waals surface area contributed by atoms with E-state index in [2.05, 4.69) is 36.4 Å². The van der Waals surface area contributed by atoms with Crippen molar-refractivity contribution in [2.24, 2.45) is 10.9 Å². The normalized spacial score (nSPS) is 25.7. The zero-order chi connectivity index (χ0) is 15.1. The molecule has 2 rings (SSSR count). The Morgan fingerprint density at radius 2 is 1.91 bits per heavy atom. The van der Waals surface area contributed by atoms with Gasteiger partial charge in [-0.3, -0.25) is 4.99 Å². The van der Waals surface area contributed by atoms with Gasteiger partial charge in [0.15, 0.2) is 5.96 Å². The molecule has 2 N–H and O–H groups in total. The van der Waals surface area contributed by atoms with Crippen molar-refractivity contribution in [2.75, 3.05) is 26.7 Å². The van der Waals surface area contributed by atoms with E-state index in [1.54, 1.807) is 0 Å². The number of aliphatic imine (C=N–C) groups is 1. The van der Waals surface area contributed by atoms with E-state index in [1.807, 2.05) is 0 Å². The van der Waals surface area contributed by atoms with E-state index in [4.69, 9.17) is 4.99 Å². The van der Waals surface area contributed by atoms with Gasteiger partial charge in [0.05, 0.1) is 0 Å². The summed E-state index contributed by atoms with van der Waals surface area (Å²) in [6.45, 7) is 7.46. The standard InChI is InChI=1S/C17H34N4.HI/c1-4-18-17(20-16-13-14(16)2)19-11-8-12-21(3)15-9-6-5-7-10-15;/h14-16H,4-13H2,1-3H3,(H2,18,19,20);1H. The second kappa shape index (κ2) is 10.7. The Bertz CT molecular complexity index is 329. The van der Waals surface area contributed by atoms with Crippen molar-refractivity contribution in [3.05, 3.63) is 0 Å². The Morgan fingerprint density at radius 3 is 2.50 bits per heavy atom. The van der Waals surface area contributed by atoms with Gasteiger partial charge >= 0.3 is 0 Å². The highest BCUT2D eigenvalue weighted by molar-refractivity contribution is 14.0. The predicted octanol–water partition coefficient (Wildman–Crippen LogP) is 3.22. The summed E-state index contributed by atoms with van der Waals surface area (Å²) in [6, 6.07) is 1.47. The largest absolute Gasteiger partial charge is 0.357 e. The lowest BCUT2D eigenvalue weighted by Gasteiger charge is -2.31. The van der Waals surface area contributed by atoms with Gasteiger partial charge in [0.2, 0.25) is 0 Å². The van der Waals surface area contributed by atoms with Gasteiger partial charge in [0.1, 0.15) is 0 Å². The first kappa shape index (κ1) is 20.0. The monoisotopic (exact) mass is 422 g/mol. The van der Waals surface area contributed by atoms with Gasteiger partial charge in [-0.05, 0) is 52.1 Å². The number of hydrogen-bond donors (Lipinski definition) is 2. The molecule has 0 aromatic rings. The van der Waals surface area contributed by atoms with Crippen LogP contribution in [-0.4, -0.2) is 49.6 Å². The predicted molar refractivity (Wildman–Crippen MR) is 106 cm³/mol. The maximum absolute atomic E-state index is 4.71. The average Bonchev–Trinajstić information content (AvgIpc) is 3.19. The molecule has 5 heteroatoms. The maximum atomic E-state index is 4.71. The van der Waals surface area contributed by atoms with Crippen LogP contribution in [0.5, 0.6) is 0 Å². The summed E-state index contributed by atoms with van der Waals surface area (Å²) >= 11 is 0. The molecule has 0 amide bonds. The molecule has 2 aliphatic carbocycles. The van der Waals surface area contributed by atoms with Gasteiger partial charge < -0.3 is 15.5 Å². The van der Waals surface area contributed by atoms with Crippen LogP contribution in [0.15, 0.2) is 4.99 Å². The third kappa shape index (κ3) is 7.02. The molecular formula is C17H35IN4. The van der Waals surface area contributed by atoms with Gasteiger partial charge in [0, 0.05) is 25.2 Å². The molecule has 0 heterocycles. The van der Waals surface area contributed by atoms with Crippen LogP contribution in [-0.2, 0) is 0 Å². The molecular weight excluding hydrogens is 387 g/mol. The van der Waals surface area contributed by atoms with Crippen molar-refractivity contribution >= 4 is 29.9 Å². The highest BCUT2D eigenvalue weighted by atomic mass is 127. The molecule has 2 atom stereocenters. The van der Waals surface area contributed by atoms with Crippen molar-refractivity contribution < 1.29 is 0 Å². The fourth-order valence-corrected chi connectivity index (χ4v) is 3.23. The van der Waals surface area contributed by atoms with Crippen LogP contribution in [0.2, 0.25) is 0 Å². The summed E-state index contributed by atoms with van der Waals surface area (Å²) in [7, 11) is 2.29. The Kier molecular flexibility index (Phi) is 9.71. The van der Waals surface area contributed by atoms with E-state index >= 15 is 0 Å². The lowest BCUT2D eigenvalue weighted by Crippen LogP contribution is -2.39. The van der Waals surface area contributed by atoms with Gasteiger partial charge in [-0.15, -0.1) is 24.0 Å². The molecule has 0 aliphatic heterocycles. The molecule has 2 unspecified atom stereocenters. The lowest BCUT2D eigenvalue weighted by atomic mass is 9.94. The van der Waals surface area contributed by atoms with Gasteiger partial charge in [0.25, 0.3) is 0 Å². The van der Waals surface area contributed by atoms with E-state index in [-0.39, 0.29) is 24.0 Å². The van der Waals surface area contributed by atoms with E-state index in [1.165, 1.54) is 45.1 Å². The first-order valence-corrected chi connectivity index (χ1v) is 8.95. The Balaban J connectivity index is 0.00000242. The highest BCUT2D eigenvalue weighted by Crippen LogP contribution is 2.28. The van der Waals surface area contributed by atoms with Crippen molar-refractivity contribution in [1.29, 1.82) is 0 Å². The zero-order valence-electron chi connectivity index (χ0n) is 14.6. The fraction of sp³-hybridized carbons (Fsp3) is 0.941. The molecule has 0 aromatic heterocycles. The molecule has 22 heavy (non-hydrogen) atoms. The third-order valence-corrected chi connectivity index (χ3v) is 4.91. The molecule has 130 valence electrons. The lowest BCUT2D eigenvalue weighted by molar-refractivity contribution is 0.191. The molecule has 0 aromatic carbocycles. The molecule has 2 saturated carbocycles. The molecule has 2 fully saturated rings. The minimum absolute atomic E-state index is 0. The Hall–Kier alpha value is -0.0400. The number of nitrogens with zero attached hydrogens (tertiary/aromatic N) is 2. The smallest absolute Gasteiger partial charge is 0.191 e. The van der Waals surface area contributed by atoms with Crippen molar-refractivity contribution in [3.63, 3.8) is 0 Å². The van der Waals surface area contributed by atoms with Gasteiger partial charge in [-0.25, -0.2) is 0 Å². The van der Waals surface area contributed by atoms with Crippen LogP contribution in [0.25, 0.3) is 0 Å². The summed E-state index contributed by atoms with van der Waals surface area (Å²) in [5.74, 6) is 1.82. The van der Waals surface area contributed by atoms with Crippen LogP contribution in [0.4, 0.5) is 0 Å². The van der Waals surface area contributed by atoms with E-state index in [0.717, 1.165) is 37.4 Å². The molecule has 0 spiro atoms. The first-order chi connectivity index (χ1) is 10.2. The van der Waals surface area contributed by atoms with Crippen LogP contribution in [0.1, 0.15) is 58.8 Å². The number of guanidine groups is 1. The van der Waals surface area contributed by atoms with Crippen molar-refractivity contribution in [2.45, 2.75) is 70.9 Å². The summed E-state index contributed by atoms with van der Waals surface area (Å²) in [6.07, 6.45) is 9.50. The van der Waals surface area contributed by atoms with Gasteiger partial charge in [-0.2, -0.15) is 0 Å². The second-order valence-electron chi connectivity index (χ2n) is 6.85. The molecule has 2 aliphatic rings. The van der Waals surface area contributed by atoms with Crippen LogP contribution in [0.3, 0.4) is 0 Å². The maximum Gasteiger partial charge on any atom is 0.191 e. The van der Waals surface area contributed by atoms with Crippen LogP contribution < -0.4 is 10.6 Å². The summed E-state index contributed by atoms with van der Waals surface area (Å²) in [4.78, 5) is 7.27. The zero-order valence-corrected chi connectivity index (χ0v) is 16.9. The molecule has 0 saturated heterocycles. The number of rotatable bonds is 7. The van der Waals surface area contributed by atoms with Crippen LogP contribution >= 0.6 is 24.0 Å². The minimum Gasteiger partial charge on any atom is -0.357 e. The van der Waals surface area contributed by atoms with Gasteiger partial charge in [-0.1, -0.05) is 26.2 Å². The Morgan fingerprint density at radius 1 is 1.23 bits per heavy atom. The number of hydrogen-bond acceptors (Lipinski definition) is 2. The quantitative estimate of drug-likeness (QED) is 0.287.